The summed E-state index contributed by atoms with van der Waals surface area (Å²) in [6.45, 7) is 7.37. The zero-order valence-electron chi connectivity index (χ0n) is 37.3. The fraction of sp³-hybridized carbons (Fsp3) is 0.585. The van der Waals surface area contributed by atoms with Gasteiger partial charge in [0.2, 0.25) is 0 Å². The van der Waals surface area contributed by atoms with Crippen LogP contribution < -0.4 is 0 Å². The van der Waals surface area contributed by atoms with Gasteiger partial charge in [-0.05, 0) is 96.3 Å². The number of allylic oxidation sites excluding steroid dienone is 20. The number of hydrogen-bond donors (Lipinski definition) is 0. The molecule has 0 aliphatic rings. The first-order valence-corrected chi connectivity index (χ1v) is 23.1. The van der Waals surface area contributed by atoms with Gasteiger partial charge in [0.1, 0.15) is 6.61 Å². The molecule has 1 atom stereocenters. The third-order valence-corrected chi connectivity index (χ3v) is 9.01. The SMILES string of the molecule is CC/C=C\C/C=C\C/C=C\C/C=C\C/C=C\C/C=C\CCC(=O)OCC(COCCCCCCC/C=C\C/C=C\C/C=C\C/C=C\CC)OC(=O)CCCCCCC. The Hall–Kier alpha value is -3.70. The van der Waals surface area contributed by atoms with Gasteiger partial charge in [-0.1, -0.05) is 187 Å². The largest absolute Gasteiger partial charge is 0.462 e. The molecule has 0 spiro atoms. The summed E-state index contributed by atoms with van der Waals surface area (Å²) in [4.78, 5) is 25.0. The Morgan fingerprint density at radius 2 is 0.810 bits per heavy atom. The molecule has 5 nitrogen and oxygen atoms in total. The number of carbonyl (C=O) groups excluding carboxylic acids is 2. The van der Waals surface area contributed by atoms with Crippen LogP contribution in [0, 0.1) is 0 Å². The fourth-order valence-electron chi connectivity index (χ4n) is 5.64. The van der Waals surface area contributed by atoms with Crippen molar-refractivity contribution in [2.75, 3.05) is 19.8 Å². The first kappa shape index (κ1) is 54.3. The summed E-state index contributed by atoms with van der Waals surface area (Å²) in [6.07, 6.45) is 66.7. The van der Waals surface area contributed by atoms with Crippen molar-refractivity contribution in [2.24, 2.45) is 0 Å². The molecule has 5 heteroatoms. The van der Waals surface area contributed by atoms with Crippen molar-refractivity contribution in [2.45, 2.75) is 181 Å². The fourth-order valence-corrected chi connectivity index (χ4v) is 5.64. The van der Waals surface area contributed by atoms with E-state index in [-0.39, 0.29) is 25.2 Å². The maximum atomic E-state index is 12.5. The van der Waals surface area contributed by atoms with Gasteiger partial charge in [-0.2, -0.15) is 0 Å². The lowest BCUT2D eigenvalue weighted by Gasteiger charge is -2.18. The number of rotatable bonds is 40. The van der Waals surface area contributed by atoms with Crippen molar-refractivity contribution in [3.05, 3.63) is 122 Å². The Morgan fingerprint density at radius 1 is 0.397 bits per heavy atom. The molecule has 0 radical (unpaired) electrons. The standard InChI is InChI=1S/C53H84O5/c1-4-7-10-13-15-17-19-21-23-25-27-28-30-32-34-36-38-41-43-46-52(54)57-50-51(58-53(55)47-44-40-12-9-6-3)49-56-48-45-42-39-37-35-33-31-29-26-24-22-20-18-16-14-11-8-5-2/h7-8,10-11,15-18,21-24,27-29,31-32,34,38,41,51H,4-6,9,12-14,19-20,25-26,30,33,35-37,39-40,42-50H2,1-3H3/b10-7-,11-8-,17-15-,18-16-,23-21-,24-22-,28-27-,31-29-,34-32-,41-38-. The first-order valence-electron chi connectivity index (χ1n) is 23.1. The van der Waals surface area contributed by atoms with E-state index in [0.717, 1.165) is 103 Å². The highest BCUT2D eigenvalue weighted by atomic mass is 16.6. The van der Waals surface area contributed by atoms with Crippen LogP contribution in [0.2, 0.25) is 0 Å². The molecular formula is C53H84O5. The quantitative estimate of drug-likeness (QED) is 0.0351. The Morgan fingerprint density at radius 3 is 1.31 bits per heavy atom. The second-order valence-corrected chi connectivity index (χ2v) is 14.5. The maximum Gasteiger partial charge on any atom is 0.306 e. The minimum Gasteiger partial charge on any atom is -0.462 e. The van der Waals surface area contributed by atoms with Gasteiger partial charge in [0.15, 0.2) is 6.10 Å². The van der Waals surface area contributed by atoms with Crippen molar-refractivity contribution in [1.82, 2.24) is 0 Å². The van der Waals surface area contributed by atoms with Crippen LogP contribution in [0.4, 0.5) is 0 Å². The zero-order chi connectivity index (χ0) is 42.1. The van der Waals surface area contributed by atoms with Gasteiger partial charge in [-0.3, -0.25) is 9.59 Å². The Kier molecular flexibility index (Phi) is 44.6. The summed E-state index contributed by atoms with van der Waals surface area (Å²) in [6, 6.07) is 0. The van der Waals surface area contributed by atoms with Crippen molar-refractivity contribution in [1.29, 1.82) is 0 Å². The van der Waals surface area contributed by atoms with E-state index in [1.54, 1.807) is 0 Å². The van der Waals surface area contributed by atoms with Gasteiger partial charge in [-0.25, -0.2) is 0 Å². The molecule has 0 fully saturated rings. The lowest BCUT2D eigenvalue weighted by Crippen LogP contribution is -2.30. The smallest absolute Gasteiger partial charge is 0.306 e. The third kappa shape index (κ3) is 45.0. The highest BCUT2D eigenvalue weighted by molar-refractivity contribution is 5.70. The highest BCUT2D eigenvalue weighted by Crippen LogP contribution is 2.10. The van der Waals surface area contributed by atoms with E-state index in [1.165, 1.54) is 32.1 Å². The predicted molar refractivity (Wildman–Crippen MR) is 251 cm³/mol. The first-order chi connectivity index (χ1) is 28.6. The van der Waals surface area contributed by atoms with Crippen molar-refractivity contribution in [3.63, 3.8) is 0 Å². The second-order valence-electron chi connectivity index (χ2n) is 14.5. The van der Waals surface area contributed by atoms with Crippen LogP contribution in [0.1, 0.15) is 175 Å². The van der Waals surface area contributed by atoms with Crippen LogP contribution in [0.25, 0.3) is 0 Å². The second kappa shape index (κ2) is 47.7. The summed E-state index contributed by atoms with van der Waals surface area (Å²) in [5, 5.41) is 0. The van der Waals surface area contributed by atoms with Crippen LogP contribution >= 0.6 is 0 Å². The monoisotopic (exact) mass is 801 g/mol. The van der Waals surface area contributed by atoms with E-state index in [0.29, 0.717) is 25.9 Å². The molecule has 0 rings (SSSR count). The molecule has 0 aromatic heterocycles. The molecule has 0 bridgehead atoms. The highest BCUT2D eigenvalue weighted by Gasteiger charge is 2.17. The van der Waals surface area contributed by atoms with Crippen LogP contribution in [0.15, 0.2) is 122 Å². The summed E-state index contributed by atoms with van der Waals surface area (Å²) < 4.78 is 17.1. The number of ether oxygens (including phenoxy) is 3. The molecule has 1 unspecified atom stereocenters. The number of hydrogen-bond acceptors (Lipinski definition) is 5. The van der Waals surface area contributed by atoms with Crippen LogP contribution in [-0.4, -0.2) is 37.9 Å². The molecule has 58 heavy (non-hydrogen) atoms. The lowest BCUT2D eigenvalue weighted by molar-refractivity contribution is -0.162. The molecule has 0 saturated carbocycles. The van der Waals surface area contributed by atoms with E-state index in [4.69, 9.17) is 14.2 Å². The predicted octanol–water partition coefficient (Wildman–Crippen LogP) is 15.4. The molecule has 0 heterocycles. The van der Waals surface area contributed by atoms with E-state index >= 15 is 0 Å². The summed E-state index contributed by atoms with van der Waals surface area (Å²) in [5.41, 5.74) is 0. The van der Waals surface area contributed by atoms with Crippen molar-refractivity contribution in [3.8, 4) is 0 Å². The van der Waals surface area contributed by atoms with Crippen LogP contribution in [-0.2, 0) is 23.8 Å². The third-order valence-electron chi connectivity index (χ3n) is 9.01. The van der Waals surface area contributed by atoms with Gasteiger partial charge in [-0.15, -0.1) is 0 Å². The number of esters is 2. The molecule has 326 valence electrons. The zero-order valence-corrected chi connectivity index (χ0v) is 37.3. The van der Waals surface area contributed by atoms with Crippen molar-refractivity contribution >= 4 is 11.9 Å². The Bertz CT molecular complexity index is 1220. The average Bonchev–Trinajstić information content (AvgIpc) is 3.22. The minimum atomic E-state index is -0.580. The molecule has 0 amide bonds. The molecule has 0 aromatic rings. The van der Waals surface area contributed by atoms with Gasteiger partial charge in [0.25, 0.3) is 0 Å². The van der Waals surface area contributed by atoms with Gasteiger partial charge >= 0.3 is 11.9 Å². The van der Waals surface area contributed by atoms with E-state index in [9.17, 15) is 9.59 Å². The number of carbonyl (C=O) groups is 2. The van der Waals surface area contributed by atoms with Crippen LogP contribution in [0.5, 0.6) is 0 Å². The van der Waals surface area contributed by atoms with Gasteiger partial charge in [0.05, 0.1) is 6.61 Å². The van der Waals surface area contributed by atoms with Gasteiger partial charge in [0, 0.05) is 19.4 Å². The molecular weight excluding hydrogens is 717 g/mol. The molecule has 0 aromatic carbocycles. The summed E-state index contributed by atoms with van der Waals surface area (Å²) in [5.74, 6) is -0.530. The lowest BCUT2D eigenvalue weighted by atomic mass is 10.1. The molecule has 0 aliphatic heterocycles. The molecule has 0 saturated heterocycles. The molecule has 0 N–H and O–H groups in total. The maximum absolute atomic E-state index is 12.5. The van der Waals surface area contributed by atoms with E-state index < -0.39 is 6.10 Å². The minimum absolute atomic E-state index is 0.0292. The topological polar surface area (TPSA) is 61.8 Å². The Balaban J connectivity index is 4.24. The van der Waals surface area contributed by atoms with Crippen LogP contribution in [0.3, 0.4) is 0 Å². The summed E-state index contributed by atoms with van der Waals surface area (Å²) >= 11 is 0. The van der Waals surface area contributed by atoms with Crippen molar-refractivity contribution < 1.29 is 23.8 Å². The van der Waals surface area contributed by atoms with E-state index in [1.807, 2.05) is 6.08 Å². The normalized spacial score (nSPS) is 13.4. The van der Waals surface area contributed by atoms with E-state index in [2.05, 4.69) is 136 Å². The Labute approximate surface area is 356 Å². The van der Waals surface area contributed by atoms with Gasteiger partial charge < -0.3 is 14.2 Å². The number of unbranched alkanes of at least 4 members (excludes halogenated alkanes) is 9. The summed E-state index contributed by atoms with van der Waals surface area (Å²) in [7, 11) is 0. The molecule has 0 aliphatic carbocycles. The average molecular weight is 801 g/mol.